The Balaban J connectivity index is 3.00. The number of amides is 1. The molecule has 1 aromatic carbocycles. The summed E-state index contributed by atoms with van der Waals surface area (Å²) < 4.78 is 9.79. The number of ether oxygens (including phenoxy) is 2. The molecule has 1 rings (SSSR count). The van der Waals surface area contributed by atoms with Gasteiger partial charge in [-0.25, -0.2) is 0 Å². The number of hydrogen-bond acceptors (Lipinski definition) is 4. The Morgan fingerprint density at radius 1 is 1.22 bits per heavy atom. The monoisotopic (exact) mass is 271 g/mol. The number of para-hydroxylation sites is 1. The van der Waals surface area contributed by atoms with Crippen LogP contribution in [-0.2, 0) is 19.1 Å². The molecule has 18 heavy (non-hydrogen) atoms. The Morgan fingerprint density at radius 3 is 2.22 bits per heavy atom. The van der Waals surface area contributed by atoms with Crippen LogP contribution in [0.4, 0.5) is 5.69 Å². The zero-order chi connectivity index (χ0) is 13.8. The molecule has 6 heteroatoms. The summed E-state index contributed by atoms with van der Waals surface area (Å²) in [5.41, 5.74) is 0.379. The molecule has 0 unspecified atom stereocenters. The topological polar surface area (TPSA) is 64.6 Å². The normalized spacial score (nSPS) is 11.1. The van der Waals surface area contributed by atoms with Crippen molar-refractivity contribution >= 4 is 29.0 Å². The van der Waals surface area contributed by atoms with Crippen molar-refractivity contribution in [1.29, 1.82) is 0 Å². The minimum atomic E-state index is -1.96. The number of halogens is 1. The largest absolute Gasteiger partial charge is 0.340 e. The molecule has 0 fully saturated rings. The van der Waals surface area contributed by atoms with Gasteiger partial charge in [-0.3, -0.25) is 9.59 Å². The van der Waals surface area contributed by atoms with Crippen LogP contribution in [0.5, 0.6) is 0 Å². The van der Waals surface area contributed by atoms with Gasteiger partial charge in [-0.05, 0) is 12.1 Å². The molecule has 0 saturated carbocycles. The van der Waals surface area contributed by atoms with Gasteiger partial charge in [0.1, 0.15) is 0 Å². The lowest BCUT2D eigenvalue weighted by Crippen LogP contribution is -2.52. The van der Waals surface area contributed by atoms with Gasteiger partial charge in [0.15, 0.2) is 5.78 Å². The van der Waals surface area contributed by atoms with Crippen LogP contribution in [-0.4, -0.2) is 31.7 Å². The minimum absolute atomic E-state index is 0.357. The summed E-state index contributed by atoms with van der Waals surface area (Å²) in [7, 11) is 2.44. The molecule has 0 heterocycles. The van der Waals surface area contributed by atoms with Gasteiger partial charge in [0.05, 0.1) is 10.7 Å². The van der Waals surface area contributed by atoms with Gasteiger partial charge in [0, 0.05) is 21.1 Å². The van der Waals surface area contributed by atoms with Gasteiger partial charge in [-0.1, -0.05) is 23.7 Å². The fraction of sp³-hybridized carbons (Fsp3) is 0.333. The smallest absolute Gasteiger partial charge is 0.310 e. The average Bonchev–Trinajstić information content (AvgIpc) is 2.34. The summed E-state index contributed by atoms with van der Waals surface area (Å²) in [5, 5.41) is 2.85. The number of carbonyl (C=O) groups excluding carboxylic acids is 2. The van der Waals surface area contributed by atoms with Gasteiger partial charge in [0.2, 0.25) is 0 Å². The number of anilines is 1. The van der Waals surface area contributed by atoms with E-state index in [0.29, 0.717) is 10.7 Å². The number of nitrogens with one attached hydrogen (secondary N) is 1. The van der Waals surface area contributed by atoms with E-state index in [1.807, 2.05) is 0 Å². The van der Waals surface area contributed by atoms with Gasteiger partial charge in [-0.15, -0.1) is 0 Å². The molecule has 0 aliphatic carbocycles. The molecule has 0 aliphatic rings. The Morgan fingerprint density at radius 2 is 1.78 bits per heavy atom. The molecule has 1 amide bonds. The van der Waals surface area contributed by atoms with Crippen molar-refractivity contribution in [2.24, 2.45) is 0 Å². The zero-order valence-corrected chi connectivity index (χ0v) is 11.1. The van der Waals surface area contributed by atoms with E-state index in [2.05, 4.69) is 5.32 Å². The van der Waals surface area contributed by atoms with Crippen LogP contribution in [0.15, 0.2) is 24.3 Å². The molecule has 1 aromatic rings. The van der Waals surface area contributed by atoms with Crippen molar-refractivity contribution in [2.75, 3.05) is 19.5 Å². The van der Waals surface area contributed by atoms with E-state index in [1.165, 1.54) is 21.1 Å². The lowest BCUT2D eigenvalue weighted by molar-refractivity contribution is -0.203. The maximum atomic E-state index is 12.0. The summed E-state index contributed by atoms with van der Waals surface area (Å²) in [4.78, 5) is 23.6. The molecule has 0 aliphatic heterocycles. The number of ketones is 1. The molecule has 5 nitrogen and oxygen atoms in total. The molecule has 0 atom stereocenters. The Kier molecular flexibility index (Phi) is 4.84. The first-order chi connectivity index (χ1) is 8.47. The van der Waals surface area contributed by atoms with Crippen molar-refractivity contribution in [1.82, 2.24) is 0 Å². The lowest BCUT2D eigenvalue weighted by Gasteiger charge is -2.26. The number of Topliss-reactive ketones (excluding diaryl/α,β-unsaturated/α-hetero) is 1. The van der Waals surface area contributed by atoms with Crippen LogP contribution in [0.25, 0.3) is 0 Å². The van der Waals surface area contributed by atoms with Crippen LogP contribution in [0.2, 0.25) is 5.02 Å². The second-order valence-corrected chi connectivity index (χ2v) is 3.92. The van der Waals surface area contributed by atoms with Crippen LogP contribution < -0.4 is 5.32 Å². The Labute approximate surface area is 110 Å². The molecule has 0 radical (unpaired) electrons. The SMILES string of the molecule is COC(OC)(C(C)=O)C(=O)Nc1ccccc1Cl. The Hall–Kier alpha value is -1.43. The summed E-state index contributed by atoms with van der Waals surface area (Å²) >= 11 is 5.90. The van der Waals surface area contributed by atoms with E-state index < -0.39 is 17.5 Å². The zero-order valence-electron chi connectivity index (χ0n) is 10.3. The van der Waals surface area contributed by atoms with Crippen molar-refractivity contribution in [2.45, 2.75) is 12.7 Å². The second kappa shape index (κ2) is 5.95. The van der Waals surface area contributed by atoms with Crippen molar-refractivity contribution < 1.29 is 19.1 Å². The van der Waals surface area contributed by atoms with E-state index in [9.17, 15) is 9.59 Å². The van der Waals surface area contributed by atoms with E-state index in [4.69, 9.17) is 21.1 Å². The Bertz CT molecular complexity index is 457. The second-order valence-electron chi connectivity index (χ2n) is 3.51. The van der Waals surface area contributed by atoms with Crippen LogP contribution in [0.3, 0.4) is 0 Å². The third-order valence-corrected chi connectivity index (χ3v) is 2.79. The van der Waals surface area contributed by atoms with Gasteiger partial charge >= 0.3 is 5.79 Å². The molecule has 0 spiro atoms. The van der Waals surface area contributed by atoms with Crippen LogP contribution >= 0.6 is 11.6 Å². The van der Waals surface area contributed by atoms with Crippen LogP contribution in [0.1, 0.15) is 6.92 Å². The number of carbonyl (C=O) groups is 2. The fourth-order valence-corrected chi connectivity index (χ4v) is 1.67. The number of benzene rings is 1. The summed E-state index contributed by atoms with van der Waals surface area (Å²) in [5.74, 6) is -3.25. The van der Waals surface area contributed by atoms with E-state index in [1.54, 1.807) is 24.3 Å². The highest BCUT2D eigenvalue weighted by Gasteiger charge is 2.44. The first kappa shape index (κ1) is 14.6. The highest BCUT2D eigenvalue weighted by atomic mass is 35.5. The first-order valence-corrected chi connectivity index (χ1v) is 5.53. The lowest BCUT2D eigenvalue weighted by atomic mass is 10.1. The first-order valence-electron chi connectivity index (χ1n) is 5.15. The summed E-state index contributed by atoms with van der Waals surface area (Å²) in [6, 6.07) is 6.65. The van der Waals surface area contributed by atoms with Crippen molar-refractivity contribution in [3.63, 3.8) is 0 Å². The fourth-order valence-electron chi connectivity index (χ4n) is 1.48. The predicted octanol–water partition coefficient (Wildman–Crippen LogP) is 1.86. The quantitative estimate of drug-likeness (QED) is 0.656. The highest BCUT2D eigenvalue weighted by molar-refractivity contribution is 6.34. The number of methoxy groups -OCH3 is 2. The molecular weight excluding hydrogens is 258 g/mol. The molecule has 0 saturated heterocycles. The standard InChI is InChI=1S/C12H14ClNO4/c1-8(15)12(17-2,18-3)11(16)14-10-7-5-4-6-9(10)13/h4-7H,1-3H3,(H,14,16). The maximum absolute atomic E-state index is 12.0. The van der Waals surface area contributed by atoms with Gasteiger partial charge < -0.3 is 14.8 Å². The minimum Gasteiger partial charge on any atom is -0.340 e. The third kappa shape index (κ3) is 2.69. The summed E-state index contributed by atoms with van der Waals surface area (Å²) in [6.07, 6.45) is 0. The molecule has 1 N–H and O–H groups in total. The van der Waals surface area contributed by atoms with Crippen molar-refractivity contribution in [3.05, 3.63) is 29.3 Å². The maximum Gasteiger partial charge on any atom is 0.310 e. The number of hydrogen-bond donors (Lipinski definition) is 1. The van der Waals surface area contributed by atoms with Crippen molar-refractivity contribution in [3.8, 4) is 0 Å². The molecular formula is C12H14ClNO4. The summed E-state index contributed by atoms with van der Waals surface area (Å²) in [6.45, 7) is 1.21. The highest BCUT2D eigenvalue weighted by Crippen LogP contribution is 2.23. The van der Waals surface area contributed by atoms with E-state index >= 15 is 0 Å². The van der Waals surface area contributed by atoms with E-state index in [-0.39, 0.29) is 0 Å². The predicted molar refractivity (Wildman–Crippen MR) is 67.5 cm³/mol. The van der Waals surface area contributed by atoms with Gasteiger partial charge in [-0.2, -0.15) is 0 Å². The third-order valence-electron chi connectivity index (χ3n) is 2.46. The molecule has 0 aromatic heterocycles. The van der Waals surface area contributed by atoms with Gasteiger partial charge in [0.25, 0.3) is 5.91 Å². The molecule has 98 valence electrons. The number of rotatable bonds is 5. The van der Waals surface area contributed by atoms with Crippen LogP contribution in [0, 0.1) is 0 Å². The molecule has 0 bridgehead atoms. The average molecular weight is 272 g/mol. The van der Waals surface area contributed by atoms with E-state index in [0.717, 1.165) is 0 Å².